The summed E-state index contributed by atoms with van der Waals surface area (Å²) >= 11 is 1.42. The number of carbonyl (C=O) groups excluding carboxylic acids is 2. The van der Waals surface area contributed by atoms with Gasteiger partial charge in [-0.25, -0.2) is 4.98 Å². The number of nitrogens with zero attached hydrogens (tertiary/aromatic N) is 3. The average molecular weight is 388 g/mol. The lowest BCUT2D eigenvalue weighted by Crippen LogP contribution is -2.52. The molecule has 1 aromatic rings. The highest BCUT2D eigenvalue weighted by Gasteiger charge is 2.39. The lowest BCUT2D eigenvalue weighted by Gasteiger charge is -2.31. The molecule has 1 aromatic heterocycles. The Bertz CT molecular complexity index is 729. The minimum Gasteiger partial charge on any atom is -0.356 e. The number of carbonyl (C=O) groups is 2. The van der Waals surface area contributed by atoms with E-state index in [1.54, 1.807) is 6.20 Å². The summed E-state index contributed by atoms with van der Waals surface area (Å²) in [5, 5.41) is 14.7. The Labute approximate surface area is 163 Å². The van der Waals surface area contributed by atoms with Crippen molar-refractivity contribution in [3.63, 3.8) is 0 Å². The minimum absolute atomic E-state index is 0.254. The number of hydrogen-bond donors (Lipinski definition) is 2. The molecule has 3 atom stereocenters. The smallest absolute Gasteiger partial charge is 0.233 e. The van der Waals surface area contributed by atoms with E-state index in [2.05, 4.69) is 26.6 Å². The van der Waals surface area contributed by atoms with Crippen molar-refractivity contribution in [3.05, 3.63) is 23.9 Å². The SMILES string of the molecule is CSC1NC(=O)C(C(=O)NCc2cccnc2N2CCCCC2)CC1C#N. The van der Waals surface area contributed by atoms with Crippen LogP contribution < -0.4 is 15.5 Å². The zero-order chi connectivity index (χ0) is 19.2. The van der Waals surface area contributed by atoms with E-state index >= 15 is 0 Å². The average Bonchev–Trinajstić information content (AvgIpc) is 2.72. The maximum atomic E-state index is 12.6. The summed E-state index contributed by atoms with van der Waals surface area (Å²) < 4.78 is 0. The molecule has 0 spiro atoms. The summed E-state index contributed by atoms with van der Waals surface area (Å²) in [4.78, 5) is 31.6. The molecule has 8 heteroatoms. The van der Waals surface area contributed by atoms with Crippen LogP contribution in [-0.4, -0.2) is 41.5 Å². The van der Waals surface area contributed by atoms with Crippen LogP contribution in [0.1, 0.15) is 31.2 Å². The molecule has 7 nitrogen and oxygen atoms in total. The third kappa shape index (κ3) is 4.53. The van der Waals surface area contributed by atoms with Gasteiger partial charge in [-0.05, 0) is 38.0 Å². The number of pyridine rings is 1. The van der Waals surface area contributed by atoms with Crippen LogP contribution in [0.5, 0.6) is 0 Å². The lowest BCUT2D eigenvalue weighted by molar-refractivity contribution is -0.137. The highest BCUT2D eigenvalue weighted by molar-refractivity contribution is 7.99. The number of aromatic nitrogens is 1. The zero-order valence-corrected chi connectivity index (χ0v) is 16.3. The Kier molecular flexibility index (Phi) is 6.56. The first-order valence-electron chi connectivity index (χ1n) is 9.33. The molecule has 27 heavy (non-hydrogen) atoms. The van der Waals surface area contributed by atoms with E-state index in [-0.39, 0.29) is 29.5 Å². The molecule has 2 aliphatic rings. The van der Waals surface area contributed by atoms with Crippen LogP contribution in [0.25, 0.3) is 0 Å². The Balaban J connectivity index is 1.64. The Hall–Kier alpha value is -2.27. The highest BCUT2D eigenvalue weighted by atomic mass is 32.2. The highest BCUT2D eigenvalue weighted by Crippen LogP contribution is 2.27. The van der Waals surface area contributed by atoms with Crippen molar-refractivity contribution in [2.24, 2.45) is 11.8 Å². The first-order chi connectivity index (χ1) is 13.1. The van der Waals surface area contributed by atoms with Crippen molar-refractivity contribution in [2.75, 3.05) is 24.2 Å². The molecule has 0 saturated carbocycles. The van der Waals surface area contributed by atoms with Crippen LogP contribution in [-0.2, 0) is 16.1 Å². The number of thioether (sulfide) groups is 1. The number of nitrogens with one attached hydrogen (secondary N) is 2. The number of rotatable bonds is 5. The Morgan fingerprint density at radius 2 is 2.22 bits per heavy atom. The van der Waals surface area contributed by atoms with Crippen LogP contribution in [0, 0.1) is 23.2 Å². The van der Waals surface area contributed by atoms with Crippen LogP contribution >= 0.6 is 11.8 Å². The standard InChI is InChI=1S/C19H25N5O2S/c1-27-19-14(11-20)10-15(18(26)23-19)17(25)22-12-13-6-5-7-21-16(13)24-8-3-2-4-9-24/h5-7,14-15,19H,2-4,8-10,12H2,1H3,(H,22,25)(H,23,26). The molecule has 3 unspecified atom stereocenters. The van der Waals surface area contributed by atoms with Crippen LogP contribution in [0.15, 0.2) is 18.3 Å². The van der Waals surface area contributed by atoms with Gasteiger partial charge in [0.05, 0.1) is 17.4 Å². The molecule has 2 saturated heterocycles. The predicted octanol–water partition coefficient (Wildman–Crippen LogP) is 1.65. The van der Waals surface area contributed by atoms with Crippen LogP contribution in [0.2, 0.25) is 0 Å². The fourth-order valence-electron chi connectivity index (χ4n) is 3.66. The fraction of sp³-hybridized carbons (Fsp3) is 0.579. The molecule has 144 valence electrons. The van der Waals surface area contributed by atoms with Gasteiger partial charge in [0.2, 0.25) is 11.8 Å². The molecule has 2 aliphatic heterocycles. The molecular weight excluding hydrogens is 362 g/mol. The molecule has 0 bridgehead atoms. The monoisotopic (exact) mass is 387 g/mol. The number of nitriles is 1. The second-order valence-corrected chi connectivity index (χ2v) is 7.92. The minimum atomic E-state index is -0.826. The van der Waals surface area contributed by atoms with Gasteiger partial charge in [0.25, 0.3) is 0 Å². The van der Waals surface area contributed by atoms with E-state index < -0.39 is 5.92 Å². The van der Waals surface area contributed by atoms with Crippen LogP contribution in [0.4, 0.5) is 5.82 Å². The lowest BCUT2D eigenvalue weighted by atomic mass is 9.89. The van der Waals surface area contributed by atoms with Gasteiger partial charge in [-0.15, -0.1) is 11.8 Å². The van der Waals surface area contributed by atoms with Gasteiger partial charge >= 0.3 is 0 Å². The van der Waals surface area contributed by atoms with Gasteiger partial charge in [0.1, 0.15) is 11.7 Å². The van der Waals surface area contributed by atoms with Gasteiger partial charge in [-0.1, -0.05) is 6.07 Å². The molecule has 2 fully saturated rings. The van der Waals surface area contributed by atoms with E-state index in [1.807, 2.05) is 18.4 Å². The molecule has 0 aliphatic carbocycles. The van der Waals surface area contributed by atoms with Gasteiger partial charge in [0.15, 0.2) is 0 Å². The van der Waals surface area contributed by atoms with Gasteiger partial charge in [-0.2, -0.15) is 5.26 Å². The van der Waals surface area contributed by atoms with Crippen molar-refractivity contribution in [3.8, 4) is 6.07 Å². The molecule has 2 amide bonds. The van der Waals surface area contributed by atoms with Crippen LogP contribution in [0.3, 0.4) is 0 Å². The van der Waals surface area contributed by atoms with Crippen molar-refractivity contribution in [2.45, 2.75) is 37.6 Å². The fourth-order valence-corrected chi connectivity index (χ4v) is 4.39. The second kappa shape index (κ2) is 9.09. The molecule has 0 radical (unpaired) electrons. The van der Waals surface area contributed by atoms with E-state index in [4.69, 9.17) is 0 Å². The second-order valence-electron chi connectivity index (χ2n) is 6.94. The number of hydrogen-bond acceptors (Lipinski definition) is 6. The molecule has 0 aromatic carbocycles. The third-order valence-electron chi connectivity index (χ3n) is 5.17. The zero-order valence-electron chi connectivity index (χ0n) is 15.5. The molecule has 3 rings (SSSR count). The normalized spacial score (nSPS) is 25.4. The van der Waals surface area contributed by atoms with Crippen molar-refractivity contribution in [1.82, 2.24) is 15.6 Å². The van der Waals surface area contributed by atoms with E-state index in [0.29, 0.717) is 6.54 Å². The summed E-state index contributed by atoms with van der Waals surface area (Å²) in [5.41, 5.74) is 0.947. The quantitative estimate of drug-likeness (QED) is 0.746. The number of anilines is 1. The maximum absolute atomic E-state index is 12.6. The first kappa shape index (κ1) is 19.5. The maximum Gasteiger partial charge on any atom is 0.233 e. The third-order valence-corrected chi connectivity index (χ3v) is 6.12. The van der Waals surface area contributed by atoms with Gasteiger partial charge in [-0.3, -0.25) is 9.59 Å². The molecular formula is C19H25N5O2S. The Morgan fingerprint density at radius 3 is 2.93 bits per heavy atom. The number of piperidine rings is 2. The largest absolute Gasteiger partial charge is 0.356 e. The van der Waals surface area contributed by atoms with Gasteiger partial charge < -0.3 is 15.5 Å². The summed E-state index contributed by atoms with van der Waals surface area (Å²) in [5.74, 6) is -0.923. The van der Waals surface area contributed by atoms with E-state index in [9.17, 15) is 14.9 Å². The number of amides is 2. The van der Waals surface area contributed by atoms with Crippen molar-refractivity contribution < 1.29 is 9.59 Å². The van der Waals surface area contributed by atoms with Crippen molar-refractivity contribution in [1.29, 1.82) is 5.26 Å². The summed E-state index contributed by atoms with van der Waals surface area (Å²) in [6, 6.07) is 6.02. The molecule has 3 heterocycles. The molecule has 2 N–H and O–H groups in total. The van der Waals surface area contributed by atoms with Crippen molar-refractivity contribution >= 4 is 29.4 Å². The van der Waals surface area contributed by atoms with E-state index in [0.717, 1.165) is 37.3 Å². The summed E-state index contributed by atoms with van der Waals surface area (Å²) in [7, 11) is 0. The predicted molar refractivity (Wildman–Crippen MR) is 105 cm³/mol. The summed E-state index contributed by atoms with van der Waals surface area (Å²) in [6.45, 7) is 2.28. The van der Waals surface area contributed by atoms with E-state index in [1.165, 1.54) is 18.2 Å². The first-order valence-corrected chi connectivity index (χ1v) is 10.6. The Morgan fingerprint density at radius 1 is 1.44 bits per heavy atom. The topological polar surface area (TPSA) is 98.1 Å². The summed E-state index contributed by atoms with van der Waals surface area (Å²) in [6.07, 6.45) is 7.41. The van der Waals surface area contributed by atoms with Gasteiger partial charge in [0, 0.05) is 31.4 Å².